The summed E-state index contributed by atoms with van der Waals surface area (Å²) >= 11 is 7.78. The maximum atomic E-state index is 12.8. The molecule has 0 aliphatic carbocycles. The molecule has 3 aromatic rings. The van der Waals surface area contributed by atoms with Gasteiger partial charge in [0.2, 0.25) is 0 Å². The number of hydrogen-bond acceptors (Lipinski definition) is 6. The van der Waals surface area contributed by atoms with Crippen LogP contribution in [0.5, 0.6) is 0 Å². The standard InChI is InChI=1S/C20H19ClN4O3S/c1-12-9-13(2)18-17(10-12)29-20(22-18)24-7-5-23(6-8-24)19(26)15-11-14(25(27)28)3-4-16(15)21/h3-4,9-11H,5-8H2,1-2H3. The fraction of sp³-hybridized carbons (Fsp3) is 0.300. The molecule has 4 rings (SSSR count). The molecule has 1 aliphatic rings. The number of anilines is 1. The summed E-state index contributed by atoms with van der Waals surface area (Å²) in [5, 5.41) is 12.2. The minimum absolute atomic E-state index is 0.142. The fourth-order valence-corrected chi connectivity index (χ4v) is 4.95. The number of nitrogens with zero attached hydrogens (tertiary/aromatic N) is 4. The number of fused-ring (bicyclic) bond motifs is 1. The van der Waals surface area contributed by atoms with Gasteiger partial charge in [-0.25, -0.2) is 4.98 Å². The molecule has 1 fully saturated rings. The quantitative estimate of drug-likeness (QED) is 0.453. The van der Waals surface area contributed by atoms with Crippen LogP contribution >= 0.6 is 22.9 Å². The zero-order valence-corrected chi connectivity index (χ0v) is 17.6. The lowest BCUT2D eigenvalue weighted by Gasteiger charge is -2.34. The van der Waals surface area contributed by atoms with Crippen molar-refractivity contribution in [1.82, 2.24) is 9.88 Å². The Kier molecular flexibility index (Phi) is 5.14. The Hall–Kier alpha value is -2.71. The van der Waals surface area contributed by atoms with Crippen LogP contribution in [0.15, 0.2) is 30.3 Å². The van der Waals surface area contributed by atoms with Crippen molar-refractivity contribution in [3.63, 3.8) is 0 Å². The highest BCUT2D eigenvalue weighted by Gasteiger charge is 2.26. The number of rotatable bonds is 3. The van der Waals surface area contributed by atoms with Gasteiger partial charge in [-0.05, 0) is 37.1 Å². The van der Waals surface area contributed by atoms with E-state index in [1.807, 2.05) is 0 Å². The summed E-state index contributed by atoms with van der Waals surface area (Å²) in [4.78, 5) is 32.0. The SMILES string of the molecule is Cc1cc(C)c2nc(N3CCN(C(=O)c4cc([N+](=O)[O-])ccc4Cl)CC3)sc2c1. The first-order valence-electron chi connectivity index (χ1n) is 9.19. The van der Waals surface area contributed by atoms with E-state index in [0.717, 1.165) is 16.2 Å². The lowest BCUT2D eigenvalue weighted by molar-refractivity contribution is -0.384. The molecule has 7 nitrogen and oxygen atoms in total. The Morgan fingerprint density at radius 2 is 1.90 bits per heavy atom. The molecule has 2 aromatic carbocycles. The van der Waals surface area contributed by atoms with Gasteiger partial charge < -0.3 is 9.80 Å². The van der Waals surface area contributed by atoms with Crippen LogP contribution < -0.4 is 4.90 Å². The van der Waals surface area contributed by atoms with Crippen molar-refractivity contribution in [1.29, 1.82) is 0 Å². The average Bonchev–Trinajstić information content (AvgIpc) is 3.12. The lowest BCUT2D eigenvalue weighted by atomic mass is 10.1. The molecular formula is C20H19ClN4O3S. The summed E-state index contributed by atoms with van der Waals surface area (Å²) in [6.07, 6.45) is 0. The molecule has 0 bridgehead atoms. The third kappa shape index (κ3) is 3.77. The van der Waals surface area contributed by atoms with Crippen LogP contribution in [0.4, 0.5) is 10.8 Å². The summed E-state index contributed by atoms with van der Waals surface area (Å²) in [6.45, 7) is 6.46. The van der Waals surface area contributed by atoms with Crippen molar-refractivity contribution >= 4 is 49.9 Å². The van der Waals surface area contributed by atoms with Crippen LogP contribution in [0, 0.1) is 24.0 Å². The number of aryl methyl sites for hydroxylation is 2. The first-order valence-corrected chi connectivity index (χ1v) is 10.4. The molecule has 9 heteroatoms. The van der Waals surface area contributed by atoms with Gasteiger partial charge in [0.15, 0.2) is 5.13 Å². The van der Waals surface area contributed by atoms with Crippen LogP contribution in [0.1, 0.15) is 21.5 Å². The number of nitro groups is 1. The number of benzene rings is 2. The normalized spacial score (nSPS) is 14.4. The summed E-state index contributed by atoms with van der Waals surface area (Å²) in [5.74, 6) is -0.283. The predicted octanol–water partition coefficient (Wildman–Crippen LogP) is 4.44. The van der Waals surface area contributed by atoms with Gasteiger partial charge in [-0.15, -0.1) is 0 Å². The highest BCUT2D eigenvalue weighted by molar-refractivity contribution is 7.22. The highest BCUT2D eigenvalue weighted by atomic mass is 35.5. The third-order valence-corrected chi connectivity index (χ3v) is 6.44. The lowest BCUT2D eigenvalue weighted by Crippen LogP contribution is -2.48. The topological polar surface area (TPSA) is 79.6 Å². The molecule has 0 spiro atoms. The van der Waals surface area contributed by atoms with Gasteiger partial charge in [0.1, 0.15) is 0 Å². The molecule has 150 valence electrons. The van der Waals surface area contributed by atoms with Crippen LogP contribution in [0.25, 0.3) is 10.2 Å². The minimum atomic E-state index is -0.526. The van der Waals surface area contributed by atoms with E-state index in [1.165, 1.54) is 28.5 Å². The van der Waals surface area contributed by atoms with Crippen molar-refractivity contribution in [2.75, 3.05) is 31.1 Å². The van der Waals surface area contributed by atoms with E-state index >= 15 is 0 Å². The Morgan fingerprint density at radius 3 is 2.59 bits per heavy atom. The second kappa shape index (κ2) is 7.61. The number of carbonyl (C=O) groups is 1. The highest BCUT2D eigenvalue weighted by Crippen LogP contribution is 2.32. The maximum Gasteiger partial charge on any atom is 0.270 e. The predicted molar refractivity (Wildman–Crippen MR) is 115 cm³/mol. The Balaban J connectivity index is 1.50. The fourth-order valence-electron chi connectivity index (χ4n) is 3.56. The smallest absolute Gasteiger partial charge is 0.270 e. The summed E-state index contributed by atoms with van der Waals surface area (Å²) < 4.78 is 1.17. The first-order chi connectivity index (χ1) is 13.8. The van der Waals surface area contributed by atoms with E-state index in [9.17, 15) is 14.9 Å². The molecule has 0 atom stereocenters. The van der Waals surface area contributed by atoms with Crippen molar-refractivity contribution in [2.24, 2.45) is 0 Å². The van der Waals surface area contributed by atoms with Crippen LogP contribution in [-0.4, -0.2) is 46.9 Å². The van der Waals surface area contributed by atoms with Gasteiger partial charge in [0.25, 0.3) is 11.6 Å². The first kappa shape index (κ1) is 19.6. The number of halogens is 1. The number of thiazole rings is 1. The maximum absolute atomic E-state index is 12.8. The molecule has 1 saturated heterocycles. The van der Waals surface area contributed by atoms with Crippen molar-refractivity contribution in [3.05, 3.63) is 62.2 Å². The van der Waals surface area contributed by atoms with Crippen LogP contribution in [-0.2, 0) is 0 Å². The molecule has 0 N–H and O–H groups in total. The Bertz CT molecular complexity index is 1120. The van der Waals surface area contributed by atoms with Crippen LogP contribution in [0.3, 0.4) is 0 Å². The third-order valence-electron chi connectivity index (χ3n) is 5.05. The average molecular weight is 431 g/mol. The van der Waals surface area contributed by atoms with Gasteiger partial charge in [-0.2, -0.15) is 0 Å². The number of piperazine rings is 1. The molecule has 1 amide bonds. The summed E-state index contributed by atoms with van der Waals surface area (Å²) in [5.41, 5.74) is 3.43. The second-order valence-electron chi connectivity index (χ2n) is 7.13. The van der Waals surface area contributed by atoms with Gasteiger partial charge in [-0.3, -0.25) is 14.9 Å². The number of amides is 1. The van der Waals surface area contributed by atoms with Crippen molar-refractivity contribution in [2.45, 2.75) is 13.8 Å². The van der Waals surface area contributed by atoms with Gasteiger partial charge in [-0.1, -0.05) is 29.0 Å². The molecule has 1 aromatic heterocycles. The Morgan fingerprint density at radius 1 is 1.17 bits per heavy atom. The molecule has 0 unspecified atom stereocenters. The number of aromatic nitrogens is 1. The molecule has 0 saturated carbocycles. The largest absolute Gasteiger partial charge is 0.345 e. The Labute approximate surface area is 176 Å². The van der Waals surface area contributed by atoms with E-state index in [-0.39, 0.29) is 22.2 Å². The summed E-state index contributed by atoms with van der Waals surface area (Å²) in [6, 6.07) is 8.22. The van der Waals surface area contributed by atoms with Crippen LogP contribution in [0.2, 0.25) is 5.02 Å². The minimum Gasteiger partial charge on any atom is -0.345 e. The van der Waals surface area contributed by atoms with Crippen molar-refractivity contribution in [3.8, 4) is 0 Å². The van der Waals surface area contributed by atoms with E-state index in [4.69, 9.17) is 16.6 Å². The van der Waals surface area contributed by atoms with Gasteiger partial charge >= 0.3 is 0 Å². The zero-order valence-electron chi connectivity index (χ0n) is 16.0. The van der Waals surface area contributed by atoms with Gasteiger partial charge in [0, 0.05) is 38.3 Å². The second-order valence-corrected chi connectivity index (χ2v) is 8.54. The van der Waals surface area contributed by atoms with E-state index in [2.05, 4.69) is 30.9 Å². The number of hydrogen-bond donors (Lipinski definition) is 0. The van der Waals surface area contributed by atoms with Crippen molar-refractivity contribution < 1.29 is 9.72 Å². The molecule has 29 heavy (non-hydrogen) atoms. The monoisotopic (exact) mass is 430 g/mol. The molecule has 2 heterocycles. The number of carbonyl (C=O) groups excluding carboxylic acids is 1. The van der Waals surface area contributed by atoms with Gasteiger partial charge in [0.05, 0.1) is 25.7 Å². The van der Waals surface area contributed by atoms with E-state index in [1.54, 1.807) is 16.2 Å². The number of non-ortho nitro benzene ring substituents is 1. The van der Waals surface area contributed by atoms with E-state index in [0.29, 0.717) is 26.2 Å². The number of nitro benzene ring substituents is 1. The molecule has 1 aliphatic heterocycles. The molecular weight excluding hydrogens is 412 g/mol. The summed E-state index contributed by atoms with van der Waals surface area (Å²) in [7, 11) is 0. The van der Waals surface area contributed by atoms with E-state index < -0.39 is 4.92 Å². The zero-order chi connectivity index (χ0) is 20.7. The molecule has 0 radical (unpaired) electrons.